The lowest BCUT2D eigenvalue weighted by molar-refractivity contribution is -0.123. The number of carbonyl (C=O) groups is 2. The molecule has 0 bridgehead atoms. The summed E-state index contributed by atoms with van der Waals surface area (Å²) in [5, 5.41) is 9.60. The molecule has 0 aliphatic rings. The van der Waals surface area contributed by atoms with Gasteiger partial charge in [0.25, 0.3) is 0 Å². The van der Waals surface area contributed by atoms with Crippen molar-refractivity contribution in [1.29, 1.82) is 0 Å². The van der Waals surface area contributed by atoms with Gasteiger partial charge in [0.2, 0.25) is 5.91 Å². The predicted octanol–water partition coefficient (Wildman–Crippen LogP) is 1.22. The van der Waals surface area contributed by atoms with E-state index in [1.54, 1.807) is 10.9 Å². The summed E-state index contributed by atoms with van der Waals surface area (Å²) >= 11 is 0. The van der Waals surface area contributed by atoms with Gasteiger partial charge in [-0.2, -0.15) is 5.10 Å². The minimum Gasteiger partial charge on any atom is -0.354 e. The third-order valence-corrected chi connectivity index (χ3v) is 3.62. The third-order valence-electron chi connectivity index (χ3n) is 3.62. The second-order valence-electron chi connectivity index (χ2n) is 5.90. The molecule has 2 aromatic rings. The van der Waals surface area contributed by atoms with E-state index in [9.17, 15) is 9.59 Å². The van der Waals surface area contributed by atoms with Crippen molar-refractivity contribution in [2.24, 2.45) is 11.7 Å². The molecule has 7 heteroatoms. The zero-order valence-electron chi connectivity index (χ0n) is 13.9. The Hall–Kier alpha value is -2.83. The summed E-state index contributed by atoms with van der Waals surface area (Å²) < 4.78 is 1.79. The molecule has 0 saturated heterocycles. The average molecular weight is 329 g/mol. The van der Waals surface area contributed by atoms with Gasteiger partial charge < -0.3 is 16.4 Å². The maximum Gasteiger partial charge on any atom is 0.312 e. The van der Waals surface area contributed by atoms with E-state index in [0.717, 1.165) is 11.3 Å². The number of rotatable bonds is 7. The Kier molecular flexibility index (Phi) is 5.95. The molecule has 0 aliphatic heterocycles. The molecule has 0 aliphatic carbocycles. The van der Waals surface area contributed by atoms with Crippen molar-refractivity contribution in [3.05, 3.63) is 48.3 Å². The highest BCUT2D eigenvalue weighted by atomic mass is 16.2. The Morgan fingerprint density at radius 1 is 1.25 bits per heavy atom. The van der Waals surface area contributed by atoms with E-state index in [2.05, 4.69) is 15.7 Å². The van der Waals surface area contributed by atoms with E-state index in [0.29, 0.717) is 13.0 Å². The van der Waals surface area contributed by atoms with Gasteiger partial charge in [0.15, 0.2) is 0 Å². The molecule has 24 heavy (non-hydrogen) atoms. The minimum absolute atomic E-state index is 0.0432. The highest BCUT2D eigenvalue weighted by molar-refractivity contribution is 5.86. The van der Waals surface area contributed by atoms with Gasteiger partial charge in [0.1, 0.15) is 6.04 Å². The Morgan fingerprint density at radius 2 is 1.96 bits per heavy atom. The second kappa shape index (κ2) is 8.14. The molecule has 7 nitrogen and oxygen atoms in total. The molecule has 0 fully saturated rings. The predicted molar refractivity (Wildman–Crippen MR) is 91.6 cm³/mol. The summed E-state index contributed by atoms with van der Waals surface area (Å²) in [4.78, 5) is 23.1. The van der Waals surface area contributed by atoms with Crippen molar-refractivity contribution in [3.63, 3.8) is 0 Å². The van der Waals surface area contributed by atoms with Gasteiger partial charge in [-0.1, -0.05) is 32.0 Å². The first-order valence-corrected chi connectivity index (χ1v) is 7.90. The van der Waals surface area contributed by atoms with Crippen LogP contribution in [0.1, 0.15) is 19.4 Å². The largest absolute Gasteiger partial charge is 0.354 e. The number of aromatic nitrogens is 2. The minimum atomic E-state index is -0.701. The molecule has 2 rings (SSSR count). The smallest absolute Gasteiger partial charge is 0.312 e. The number of nitrogens with two attached hydrogens (primary N) is 1. The van der Waals surface area contributed by atoms with Gasteiger partial charge in [0.05, 0.1) is 11.9 Å². The molecule has 0 spiro atoms. The number of benzene rings is 1. The number of nitrogens with zero attached hydrogens (tertiary/aromatic N) is 2. The lowest BCUT2D eigenvalue weighted by Gasteiger charge is -2.20. The van der Waals surface area contributed by atoms with Crippen molar-refractivity contribution in [2.45, 2.75) is 26.3 Å². The van der Waals surface area contributed by atoms with Crippen molar-refractivity contribution < 1.29 is 9.59 Å². The van der Waals surface area contributed by atoms with E-state index in [1.807, 2.05) is 50.4 Å². The highest BCUT2D eigenvalue weighted by Gasteiger charge is 2.22. The van der Waals surface area contributed by atoms with Gasteiger partial charge >= 0.3 is 6.03 Å². The van der Waals surface area contributed by atoms with Crippen LogP contribution in [0.3, 0.4) is 0 Å². The van der Waals surface area contributed by atoms with Crippen LogP contribution in [0, 0.1) is 5.92 Å². The van der Waals surface area contributed by atoms with Crippen LogP contribution in [0.4, 0.5) is 4.79 Å². The van der Waals surface area contributed by atoms with Crippen molar-refractivity contribution >= 4 is 11.9 Å². The average Bonchev–Trinajstić information content (AvgIpc) is 3.02. The molecule has 0 unspecified atom stereocenters. The van der Waals surface area contributed by atoms with Crippen LogP contribution < -0.4 is 16.4 Å². The first-order valence-electron chi connectivity index (χ1n) is 7.90. The summed E-state index contributed by atoms with van der Waals surface area (Å²) in [5.74, 6) is -0.280. The number of hydrogen-bond acceptors (Lipinski definition) is 3. The summed E-state index contributed by atoms with van der Waals surface area (Å²) in [7, 11) is 0. The molecule has 1 aromatic heterocycles. The number of carbonyl (C=O) groups excluding carboxylic acids is 2. The van der Waals surface area contributed by atoms with Crippen LogP contribution in [-0.4, -0.2) is 34.3 Å². The first-order chi connectivity index (χ1) is 11.5. The SMILES string of the molecule is CC(C)[C@@H](NC(N)=O)C(=O)NCCc1cnn(-c2ccccc2)c1. The van der Waals surface area contributed by atoms with E-state index in [4.69, 9.17) is 5.73 Å². The summed E-state index contributed by atoms with van der Waals surface area (Å²) in [5.41, 5.74) is 7.11. The number of amides is 3. The topological polar surface area (TPSA) is 102 Å². The molecule has 128 valence electrons. The van der Waals surface area contributed by atoms with Gasteiger partial charge in [-0.05, 0) is 30.0 Å². The van der Waals surface area contributed by atoms with E-state index >= 15 is 0 Å². The van der Waals surface area contributed by atoms with Crippen molar-refractivity contribution in [2.75, 3.05) is 6.54 Å². The van der Waals surface area contributed by atoms with Gasteiger partial charge in [-0.15, -0.1) is 0 Å². The van der Waals surface area contributed by atoms with Crippen LogP contribution in [0.5, 0.6) is 0 Å². The molecule has 1 atom stereocenters. The lowest BCUT2D eigenvalue weighted by atomic mass is 10.0. The van der Waals surface area contributed by atoms with Gasteiger partial charge in [-0.3, -0.25) is 4.79 Å². The van der Waals surface area contributed by atoms with E-state index in [1.165, 1.54) is 0 Å². The Labute approximate surface area is 141 Å². The van der Waals surface area contributed by atoms with Crippen LogP contribution >= 0.6 is 0 Å². The maximum atomic E-state index is 12.1. The number of primary amides is 1. The number of para-hydroxylation sites is 1. The van der Waals surface area contributed by atoms with E-state index in [-0.39, 0.29) is 11.8 Å². The molecule has 3 amide bonds. The normalized spacial score (nSPS) is 12.0. The fourth-order valence-corrected chi connectivity index (χ4v) is 2.34. The summed E-state index contributed by atoms with van der Waals surface area (Å²) in [6, 6.07) is 8.48. The van der Waals surface area contributed by atoms with Crippen LogP contribution in [0.15, 0.2) is 42.7 Å². The molecular weight excluding hydrogens is 306 g/mol. The fraction of sp³-hybridized carbons (Fsp3) is 0.353. The monoisotopic (exact) mass is 329 g/mol. The van der Waals surface area contributed by atoms with Gasteiger partial charge in [-0.25, -0.2) is 9.48 Å². The number of hydrogen-bond donors (Lipinski definition) is 3. The maximum absolute atomic E-state index is 12.1. The highest BCUT2D eigenvalue weighted by Crippen LogP contribution is 2.08. The third kappa shape index (κ3) is 4.84. The summed E-state index contributed by atoms with van der Waals surface area (Å²) in [6.07, 6.45) is 4.36. The quantitative estimate of drug-likeness (QED) is 0.712. The molecular formula is C17H23N5O2. The van der Waals surface area contributed by atoms with Gasteiger partial charge in [0, 0.05) is 12.7 Å². The number of urea groups is 1. The standard InChI is InChI=1S/C17H23N5O2/c1-12(2)15(21-17(18)24)16(23)19-9-8-13-10-20-22(11-13)14-6-4-3-5-7-14/h3-7,10-12,15H,8-9H2,1-2H3,(H,19,23)(H3,18,21,24)/t15-/m1/s1. The van der Waals surface area contributed by atoms with E-state index < -0.39 is 12.1 Å². The lowest BCUT2D eigenvalue weighted by Crippen LogP contribution is -2.51. The zero-order valence-corrected chi connectivity index (χ0v) is 13.9. The molecule has 1 aromatic carbocycles. The van der Waals surface area contributed by atoms with Crippen LogP contribution in [-0.2, 0) is 11.2 Å². The van der Waals surface area contributed by atoms with Crippen LogP contribution in [0.25, 0.3) is 5.69 Å². The number of nitrogens with one attached hydrogen (secondary N) is 2. The second-order valence-corrected chi connectivity index (χ2v) is 5.90. The summed E-state index contributed by atoms with van der Waals surface area (Å²) in [6.45, 7) is 4.16. The molecule has 1 heterocycles. The van der Waals surface area contributed by atoms with Crippen molar-refractivity contribution in [3.8, 4) is 5.69 Å². The molecule has 0 saturated carbocycles. The fourth-order valence-electron chi connectivity index (χ4n) is 2.34. The Bertz CT molecular complexity index is 681. The molecule has 0 radical (unpaired) electrons. The first kappa shape index (κ1) is 17.5. The molecule has 4 N–H and O–H groups in total. The van der Waals surface area contributed by atoms with Crippen molar-refractivity contribution in [1.82, 2.24) is 20.4 Å². The zero-order chi connectivity index (χ0) is 17.5. The Balaban J connectivity index is 1.87. The Morgan fingerprint density at radius 3 is 2.58 bits per heavy atom. The van der Waals surface area contributed by atoms with Crippen LogP contribution in [0.2, 0.25) is 0 Å².